The van der Waals surface area contributed by atoms with Crippen LogP contribution in [0.3, 0.4) is 0 Å². The first kappa shape index (κ1) is 15.7. The van der Waals surface area contributed by atoms with Gasteiger partial charge in [-0.25, -0.2) is 4.98 Å². The number of carbonyl (C=O) groups is 1. The van der Waals surface area contributed by atoms with Gasteiger partial charge >= 0.3 is 0 Å². The van der Waals surface area contributed by atoms with Crippen LogP contribution in [0, 0.1) is 0 Å². The van der Waals surface area contributed by atoms with E-state index in [2.05, 4.69) is 10.3 Å². The van der Waals surface area contributed by atoms with E-state index >= 15 is 0 Å². The highest BCUT2D eigenvalue weighted by Gasteiger charge is 2.09. The van der Waals surface area contributed by atoms with Crippen LogP contribution in [-0.2, 0) is 0 Å². The number of rotatable bonds is 7. The fraction of sp³-hybridized carbons (Fsp3) is 0.294. The van der Waals surface area contributed by atoms with Gasteiger partial charge in [0.15, 0.2) is 5.13 Å². The molecule has 0 fully saturated rings. The molecule has 1 aromatic carbocycles. The number of aromatic nitrogens is 2. The van der Waals surface area contributed by atoms with Crippen molar-refractivity contribution < 1.29 is 9.90 Å². The monoisotopic (exact) mass is 329 g/mol. The number of carbonyl (C=O) groups excluding carboxylic acids is 1. The molecule has 2 aromatic heterocycles. The standard InChI is InChI=1S/C17H19N3O2S/c21-11-5-1-2-8-18-16(22)13-6-7-14-15(12-13)23-17(19-14)20-9-3-4-10-20/h3-4,6-7,9-10,12,21H,1-2,5,8,11H2,(H,18,22). The van der Waals surface area contributed by atoms with Crippen LogP contribution in [0.2, 0.25) is 0 Å². The smallest absolute Gasteiger partial charge is 0.251 e. The van der Waals surface area contributed by atoms with E-state index < -0.39 is 0 Å². The fourth-order valence-electron chi connectivity index (χ4n) is 2.34. The first-order valence-electron chi connectivity index (χ1n) is 7.71. The van der Waals surface area contributed by atoms with Crippen LogP contribution in [0.1, 0.15) is 29.6 Å². The molecule has 0 saturated carbocycles. The van der Waals surface area contributed by atoms with Crippen LogP contribution in [0.5, 0.6) is 0 Å². The predicted octanol–water partition coefficient (Wildman–Crippen LogP) is 2.98. The highest BCUT2D eigenvalue weighted by Crippen LogP contribution is 2.25. The zero-order chi connectivity index (χ0) is 16.1. The Morgan fingerprint density at radius 1 is 1.22 bits per heavy atom. The summed E-state index contributed by atoms with van der Waals surface area (Å²) in [5, 5.41) is 12.5. The molecule has 0 aliphatic rings. The molecule has 0 aliphatic carbocycles. The SMILES string of the molecule is O=C(NCCCCCO)c1ccc2nc(-n3cccc3)sc2c1. The topological polar surface area (TPSA) is 67.2 Å². The maximum Gasteiger partial charge on any atom is 0.251 e. The zero-order valence-corrected chi connectivity index (χ0v) is 13.6. The minimum atomic E-state index is -0.0631. The lowest BCUT2D eigenvalue weighted by molar-refractivity contribution is 0.0953. The Hall–Kier alpha value is -2.18. The summed E-state index contributed by atoms with van der Waals surface area (Å²) in [6, 6.07) is 9.51. The van der Waals surface area contributed by atoms with E-state index in [0.29, 0.717) is 12.1 Å². The zero-order valence-electron chi connectivity index (χ0n) is 12.7. The van der Waals surface area contributed by atoms with Crippen molar-refractivity contribution in [1.82, 2.24) is 14.9 Å². The minimum absolute atomic E-state index is 0.0631. The van der Waals surface area contributed by atoms with Crippen LogP contribution in [-0.4, -0.2) is 33.7 Å². The number of amides is 1. The molecule has 0 radical (unpaired) electrons. The van der Waals surface area contributed by atoms with Crippen LogP contribution >= 0.6 is 11.3 Å². The molecule has 0 aliphatic heterocycles. The Labute approximate surface area is 138 Å². The number of fused-ring (bicyclic) bond motifs is 1. The summed E-state index contributed by atoms with van der Waals surface area (Å²) in [4.78, 5) is 16.8. The van der Waals surface area contributed by atoms with Gasteiger partial charge in [-0.2, -0.15) is 0 Å². The van der Waals surface area contributed by atoms with Gasteiger partial charge in [0.2, 0.25) is 0 Å². The normalized spacial score (nSPS) is 11.0. The maximum absolute atomic E-state index is 12.2. The van der Waals surface area contributed by atoms with E-state index in [-0.39, 0.29) is 12.5 Å². The van der Waals surface area contributed by atoms with Crippen molar-refractivity contribution in [2.45, 2.75) is 19.3 Å². The summed E-state index contributed by atoms with van der Waals surface area (Å²) in [5.74, 6) is -0.0631. The van der Waals surface area contributed by atoms with Gasteiger partial charge in [-0.3, -0.25) is 4.79 Å². The average molecular weight is 329 g/mol. The number of thiazole rings is 1. The molecule has 6 heteroatoms. The maximum atomic E-state index is 12.2. The second kappa shape index (κ2) is 7.39. The van der Waals surface area contributed by atoms with E-state index in [1.54, 1.807) is 11.3 Å². The summed E-state index contributed by atoms with van der Waals surface area (Å²) >= 11 is 1.57. The van der Waals surface area contributed by atoms with Gasteiger partial charge in [0.1, 0.15) is 0 Å². The van der Waals surface area contributed by atoms with Crippen molar-refractivity contribution in [1.29, 1.82) is 0 Å². The number of aliphatic hydroxyl groups is 1. The van der Waals surface area contributed by atoms with Gasteiger partial charge in [0.25, 0.3) is 5.91 Å². The van der Waals surface area contributed by atoms with E-state index in [1.807, 2.05) is 47.3 Å². The lowest BCUT2D eigenvalue weighted by Crippen LogP contribution is -2.24. The van der Waals surface area contributed by atoms with Gasteiger partial charge < -0.3 is 15.0 Å². The number of aliphatic hydroxyl groups excluding tert-OH is 1. The molecule has 5 nitrogen and oxygen atoms in total. The Morgan fingerprint density at radius 3 is 2.83 bits per heavy atom. The van der Waals surface area contributed by atoms with Gasteiger partial charge in [0.05, 0.1) is 10.2 Å². The lowest BCUT2D eigenvalue weighted by atomic mass is 10.2. The molecule has 0 bridgehead atoms. The summed E-state index contributed by atoms with van der Waals surface area (Å²) in [6.45, 7) is 0.841. The summed E-state index contributed by atoms with van der Waals surface area (Å²) in [6.07, 6.45) is 6.50. The molecule has 120 valence electrons. The number of nitrogens with one attached hydrogen (secondary N) is 1. The molecular formula is C17H19N3O2S. The Bertz CT molecular complexity index is 780. The molecule has 2 heterocycles. The number of unbranched alkanes of at least 4 members (excludes halogenated alkanes) is 2. The second-order valence-electron chi connectivity index (χ2n) is 5.31. The summed E-state index contributed by atoms with van der Waals surface area (Å²) in [5.41, 5.74) is 1.56. The van der Waals surface area contributed by atoms with Crippen molar-refractivity contribution in [2.75, 3.05) is 13.2 Å². The molecule has 3 rings (SSSR count). The highest BCUT2D eigenvalue weighted by molar-refractivity contribution is 7.20. The van der Waals surface area contributed by atoms with Crippen molar-refractivity contribution in [3.63, 3.8) is 0 Å². The Morgan fingerprint density at radius 2 is 2.04 bits per heavy atom. The Kier molecular flexibility index (Phi) is 5.05. The van der Waals surface area contributed by atoms with E-state index in [9.17, 15) is 4.79 Å². The van der Waals surface area contributed by atoms with E-state index in [0.717, 1.165) is 34.6 Å². The van der Waals surface area contributed by atoms with Gasteiger partial charge in [-0.15, -0.1) is 0 Å². The van der Waals surface area contributed by atoms with E-state index in [1.165, 1.54) is 0 Å². The van der Waals surface area contributed by atoms with Gasteiger partial charge in [-0.1, -0.05) is 11.3 Å². The summed E-state index contributed by atoms with van der Waals surface area (Å²) in [7, 11) is 0. The molecule has 0 atom stereocenters. The first-order valence-corrected chi connectivity index (χ1v) is 8.52. The third-order valence-electron chi connectivity index (χ3n) is 3.59. The minimum Gasteiger partial charge on any atom is -0.396 e. The Balaban J connectivity index is 1.68. The lowest BCUT2D eigenvalue weighted by Gasteiger charge is -2.04. The van der Waals surface area contributed by atoms with E-state index in [4.69, 9.17) is 5.11 Å². The molecule has 3 aromatic rings. The molecule has 23 heavy (non-hydrogen) atoms. The van der Waals surface area contributed by atoms with Crippen molar-refractivity contribution in [3.8, 4) is 5.13 Å². The third-order valence-corrected chi connectivity index (χ3v) is 4.62. The van der Waals surface area contributed by atoms with Crippen molar-refractivity contribution in [2.24, 2.45) is 0 Å². The molecular weight excluding hydrogens is 310 g/mol. The fourth-order valence-corrected chi connectivity index (χ4v) is 3.32. The van der Waals surface area contributed by atoms with Gasteiger partial charge in [-0.05, 0) is 49.6 Å². The second-order valence-corrected chi connectivity index (χ2v) is 6.32. The van der Waals surface area contributed by atoms with Gasteiger partial charge in [0, 0.05) is 31.1 Å². The molecule has 0 spiro atoms. The highest BCUT2D eigenvalue weighted by atomic mass is 32.1. The quantitative estimate of drug-likeness (QED) is 0.655. The average Bonchev–Trinajstić information content (AvgIpc) is 3.22. The first-order chi connectivity index (χ1) is 11.3. The largest absolute Gasteiger partial charge is 0.396 e. The molecule has 1 amide bonds. The number of hydrogen-bond acceptors (Lipinski definition) is 4. The number of hydrogen-bond donors (Lipinski definition) is 2. The third kappa shape index (κ3) is 3.78. The number of nitrogens with zero attached hydrogens (tertiary/aromatic N) is 2. The van der Waals surface area contributed by atoms with Crippen LogP contribution in [0.4, 0.5) is 0 Å². The summed E-state index contributed by atoms with van der Waals surface area (Å²) < 4.78 is 2.97. The van der Waals surface area contributed by atoms with Crippen molar-refractivity contribution in [3.05, 3.63) is 48.3 Å². The molecule has 2 N–H and O–H groups in total. The van der Waals surface area contributed by atoms with Crippen LogP contribution < -0.4 is 5.32 Å². The molecule has 0 saturated heterocycles. The van der Waals surface area contributed by atoms with Crippen LogP contribution in [0.25, 0.3) is 15.3 Å². The van der Waals surface area contributed by atoms with Crippen LogP contribution in [0.15, 0.2) is 42.7 Å². The van der Waals surface area contributed by atoms with Crippen molar-refractivity contribution >= 4 is 27.5 Å². The predicted molar refractivity (Wildman–Crippen MR) is 92.2 cm³/mol. The molecule has 0 unspecified atom stereocenters. The number of benzene rings is 1.